The highest BCUT2D eigenvalue weighted by atomic mass is 16.3. The maximum atomic E-state index is 12.4. The molecule has 5 rings (SSSR count). The fourth-order valence-electron chi connectivity index (χ4n) is 6.09. The molecule has 2 aromatic rings. The summed E-state index contributed by atoms with van der Waals surface area (Å²) >= 11 is 0. The summed E-state index contributed by atoms with van der Waals surface area (Å²) in [7, 11) is 0. The molecule has 1 N–H and O–H groups in total. The lowest BCUT2D eigenvalue weighted by Crippen LogP contribution is -2.48. The molecule has 182 valence electrons. The van der Waals surface area contributed by atoms with Crippen molar-refractivity contribution in [3.05, 3.63) is 65.7 Å². The van der Waals surface area contributed by atoms with Crippen molar-refractivity contribution in [1.29, 1.82) is 0 Å². The molecule has 0 bridgehead atoms. The van der Waals surface area contributed by atoms with E-state index in [4.69, 9.17) is 0 Å². The highest BCUT2D eigenvalue weighted by Crippen LogP contribution is 2.33. The fraction of sp³-hybridized carbons (Fsp3) is 0.552. The van der Waals surface area contributed by atoms with Crippen LogP contribution in [0.25, 0.3) is 0 Å². The Balaban J connectivity index is 1.07. The van der Waals surface area contributed by atoms with Crippen molar-refractivity contribution < 1.29 is 9.90 Å². The normalized spacial score (nSPS) is 21.7. The number of likely N-dealkylation sites (tertiary alicyclic amines) is 2. The third-order valence-electron chi connectivity index (χ3n) is 8.26. The summed E-state index contributed by atoms with van der Waals surface area (Å²) in [5.41, 5.74) is 3.46. The van der Waals surface area contributed by atoms with E-state index in [1.54, 1.807) is 0 Å². The number of nitrogens with zero attached hydrogens (tertiary/aromatic N) is 3. The van der Waals surface area contributed by atoms with Gasteiger partial charge >= 0.3 is 0 Å². The number of piperidine rings is 2. The summed E-state index contributed by atoms with van der Waals surface area (Å²) in [5.74, 6) is 0.640. The SMILES string of the molecule is O=C(Cc1ccc(N2CCC(N3CCC(C(O)c4ccccc4)CC3)CC2)cc1)N1CCCC1. The second-order valence-corrected chi connectivity index (χ2v) is 10.4. The van der Waals surface area contributed by atoms with Crippen molar-refractivity contribution in [3.63, 3.8) is 0 Å². The van der Waals surface area contributed by atoms with E-state index in [-0.39, 0.29) is 12.0 Å². The zero-order chi connectivity index (χ0) is 23.3. The lowest BCUT2D eigenvalue weighted by Gasteiger charge is -2.43. The minimum Gasteiger partial charge on any atom is -0.388 e. The molecule has 0 aliphatic carbocycles. The summed E-state index contributed by atoms with van der Waals surface area (Å²) in [6, 6.07) is 19.5. The van der Waals surface area contributed by atoms with Crippen LogP contribution in [0.1, 0.15) is 55.8 Å². The van der Waals surface area contributed by atoms with Gasteiger partial charge in [-0.25, -0.2) is 0 Å². The van der Waals surface area contributed by atoms with Gasteiger partial charge in [0.25, 0.3) is 0 Å². The first-order chi connectivity index (χ1) is 16.7. The first-order valence-electron chi connectivity index (χ1n) is 13.3. The predicted molar refractivity (Wildman–Crippen MR) is 137 cm³/mol. The van der Waals surface area contributed by atoms with Gasteiger partial charge in [-0.2, -0.15) is 0 Å². The molecule has 5 heteroatoms. The number of aliphatic hydroxyl groups is 1. The minimum absolute atomic E-state index is 0.270. The molecular weight excluding hydrogens is 422 g/mol. The van der Waals surface area contributed by atoms with Crippen molar-refractivity contribution in [2.24, 2.45) is 5.92 Å². The van der Waals surface area contributed by atoms with Crippen molar-refractivity contribution in [2.75, 3.05) is 44.2 Å². The quantitative estimate of drug-likeness (QED) is 0.698. The van der Waals surface area contributed by atoms with Gasteiger partial charge < -0.3 is 19.8 Å². The number of anilines is 1. The summed E-state index contributed by atoms with van der Waals surface area (Å²) in [5, 5.41) is 10.8. The van der Waals surface area contributed by atoms with Crippen LogP contribution in [-0.2, 0) is 11.2 Å². The van der Waals surface area contributed by atoms with Crippen LogP contribution in [0.4, 0.5) is 5.69 Å². The number of aliphatic hydroxyl groups excluding tert-OH is 1. The molecule has 34 heavy (non-hydrogen) atoms. The van der Waals surface area contributed by atoms with Crippen LogP contribution in [-0.4, -0.2) is 66.1 Å². The molecule has 1 amide bonds. The van der Waals surface area contributed by atoms with Crippen molar-refractivity contribution in [1.82, 2.24) is 9.80 Å². The molecule has 1 atom stereocenters. The van der Waals surface area contributed by atoms with Crippen LogP contribution in [0.15, 0.2) is 54.6 Å². The Morgan fingerprint density at radius 1 is 0.824 bits per heavy atom. The van der Waals surface area contributed by atoms with Gasteiger partial charge in [-0.15, -0.1) is 0 Å². The van der Waals surface area contributed by atoms with E-state index in [1.165, 1.54) is 18.5 Å². The Kier molecular flexibility index (Phi) is 7.51. The summed E-state index contributed by atoms with van der Waals surface area (Å²) in [6.07, 6.45) is 7.03. The van der Waals surface area contributed by atoms with Gasteiger partial charge in [0.1, 0.15) is 0 Å². The van der Waals surface area contributed by atoms with E-state index in [2.05, 4.69) is 34.1 Å². The number of hydrogen-bond donors (Lipinski definition) is 1. The summed E-state index contributed by atoms with van der Waals surface area (Å²) in [6.45, 7) is 6.22. The number of carbonyl (C=O) groups is 1. The van der Waals surface area contributed by atoms with Gasteiger partial charge in [-0.05, 0) is 80.8 Å². The Morgan fingerprint density at radius 2 is 1.47 bits per heavy atom. The minimum atomic E-state index is -0.334. The van der Waals surface area contributed by atoms with Crippen LogP contribution in [0.3, 0.4) is 0 Å². The summed E-state index contributed by atoms with van der Waals surface area (Å²) < 4.78 is 0. The van der Waals surface area contributed by atoms with E-state index in [9.17, 15) is 9.90 Å². The van der Waals surface area contributed by atoms with Crippen LogP contribution in [0.2, 0.25) is 0 Å². The number of carbonyl (C=O) groups excluding carboxylic acids is 1. The average Bonchev–Trinajstić information content (AvgIpc) is 3.45. The van der Waals surface area contributed by atoms with Gasteiger partial charge in [0.15, 0.2) is 0 Å². The zero-order valence-corrected chi connectivity index (χ0v) is 20.3. The standard InChI is InChI=1S/C29H39N3O2/c33-28(32-16-4-5-17-32)22-23-8-10-26(11-9-23)31-20-14-27(15-21-31)30-18-12-25(13-19-30)29(34)24-6-2-1-3-7-24/h1-3,6-11,25,27,29,34H,4-5,12-22H2. The first kappa shape index (κ1) is 23.4. The van der Waals surface area contributed by atoms with Crippen molar-refractivity contribution in [2.45, 2.75) is 57.1 Å². The molecule has 0 aromatic heterocycles. The van der Waals surface area contributed by atoms with Gasteiger partial charge in [-0.1, -0.05) is 42.5 Å². The number of rotatable bonds is 6. The first-order valence-corrected chi connectivity index (χ1v) is 13.3. The van der Waals surface area contributed by atoms with Gasteiger partial charge in [0, 0.05) is 37.9 Å². The van der Waals surface area contributed by atoms with Crippen LogP contribution in [0, 0.1) is 5.92 Å². The topological polar surface area (TPSA) is 47.0 Å². The van der Waals surface area contributed by atoms with E-state index in [0.29, 0.717) is 18.4 Å². The highest BCUT2D eigenvalue weighted by molar-refractivity contribution is 5.79. The van der Waals surface area contributed by atoms with Crippen LogP contribution >= 0.6 is 0 Å². The van der Waals surface area contributed by atoms with E-state index in [1.807, 2.05) is 35.2 Å². The molecule has 5 nitrogen and oxygen atoms in total. The lowest BCUT2D eigenvalue weighted by molar-refractivity contribution is -0.129. The van der Waals surface area contributed by atoms with Crippen molar-refractivity contribution >= 4 is 11.6 Å². The van der Waals surface area contributed by atoms with E-state index >= 15 is 0 Å². The molecule has 2 aromatic carbocycles. The molecule has 3 heterocycles. The number of benzene rings is 2. The third-order valence-corrected chi connectivity index (χ3v) is 8.26. The number of amides is 1. The molecule has 1 unspecified atom stereocenters. The molecule has 0 radical (unpaired) electrons. The smallest absolute Gasteiger partial charge is 0.226 e. The van der Waals surface area contributed by atoms with E-state index in [0.717, 1.165) is 76.1 Å². The van der Waals surface area contributed by atoms with Crippen LogP contribution < -0.4 is 4.90 Å². The maximum Gasteiger partial charge on any atom is 0.226 e. The number of hydrogen-bond acceptors (Lipinski definition) is 4. The molecule has 3 aliphatic rings. The van der Waals surface area contributed by atoms with E-state index < -0.39 is 0 Å². The average molecular weight is 462 g/mol. The zero-order valence-electron chi connectivity index (χ0n) is 20.3. The van der Waals surface area contributed by atoms with Crippen molar-refractivity contribution in [3.8, 4) is 0 Å². The van der Waals surface area contributed by atoms with Crippen LogP contribution in [0.5, 0.6) is 0 Å². The molecule has 0 saturated carbocycles. The second-order valence-electron chi connectivity index (χ2n) is 10.4. The fourth-order valence-corrected chi connectivity index (χ4v) is 6.09. The Labute approximate surface area is 204 Å². The molecular formula is C29H39N3O2. The highest BCUT2D eigenvalue weighted by Gasteiger charge is 2.31. The third kappa shape index (κ3) is 5.47. The second kappa shape index (κ2) is 10.9. The molecule has 3 saturated heterocycles. The Morgan fingerprint density at radius 3 is 2.12 bits per heavy atom. The lowest BCUT2D eigenvalue weighted by atomic mass is 9.86. The molecule has 3 fully saturated rings. The summed E-state index contributed by atoms with van der Waals surface area (Å²) in [4.78, 5) is 19.6. The molecule has 3 aliphatic heterocycles. The van der Waals surface area contributed by atoms with Gasteiger partial charge in [0.05, 0.1) is 12.5 Å². The maximum absolute atomic E-state index is 12.4. The van der Waals surface area contributed by atoms with Gasteiger partial charge in [0.2, 0.25) is 5.91 Å². The molecule has 0 spiro atoms. The van der Waals surface area contributed by atoms with Gasteiger partial charge in [-0.3, -0.25) is 4.79 Å². The monoisotopic (exact) mass is 461 g/mol. The largest absolute Gasteiger partial charge is 0.388 e. The Hall–Kier alpha value is -2.37. The predicted octanol–water partition coefficient (Wildman–Crippen LogP) is 4.27. The Bertz CT molecular complexity index is 910.